The normalized spacial score (nSPS) is 14.0. The third kappa shape index (κ3) is 20.1. The maximum Gasteiger partial charge on any atom is 0.305 e. The SMILES string of the molecule is CCCCCCCCCCCCCCCCCOC(=O)CCCCC(=O)OCC1CCCC1. The first kappa shape index (κ1) is 30.0. The molecule has 1 rings (SSSR count). The van der Waals surface area contributed by atoms with Crippen molar-refractivity contribution >= 4 is 11.9 Å². The van der Waals surface area contributed by atoms with Gasteiger partial charge in [0.05, 0.1) is 13.2 Å². The first-order chi connectivity index (χ1) is 16.2. The van der Waals surface area contributed by atoms with Crippen molar-refractivity contribution in [3.05, 3.63) is 0 Å². The Kier molecular flexibility index (Phi) is 20.6. The molecule has 1 saturated carbocycles. The number of unbranched alkanes of at least 4 members (excludes halogenated alkanes) is 15. The summed E-state index contributed by atoms with van der Waals surface area (Å²) in [5.41, 5.74) is 0. The molecule has 0 bridgehead atoms. The minimum absolute atomic E-state index is 0.118. The van der Waals surface area contributed by atoms with E-state index >= 15 is 0 Å². The molecule has 194 valence electrons. The second-order valence-electron chi connectivity index (χ2n) is 10.2. The summed E-state index contributed by atoms with van der Waals surface area (Å²) in [5, 5.41) is 0. The number of esters is 2. The predicted octanol–water partition coefficient (Wildman–Crippen LogP) is 8.69. The van der Waals surface area contributed by atoms with E-state index in [1.807, 2.05) is 0 Å². The molecule has 33 heavy (non-hydrogen) atoms. The van der Waals surface area contributed by atoms with Crippen LogP contribution in [0.25, 0.3) is 0 Å². The van der Waals surface area contributed by atoms with E-state index in [2.05, 4.69) is 6.92 Å². The summed E-state index contributed by atoms with van der Waals surface area (Å²) in [5.74, 6) is 0.330. The van der Waals surface area contributed by atoms with Gasteiger partial charge in [-0.05, 0) is 38.0 Å². The second-order valence-corrected chi connectivity index (χ2v) is 10.2. The van der Waals surface area contributed by atoms with Crippen LogP contribution in [0.4, 0.5) is 0 Å². The van der Waals surface area contributed by atoms with Gasteiger partial charge in [-0.1, -0.05) is 110 Å². The number of hydrogen-bond acceptors (Lipinski definition) is 4. The van der Waals surface area contributed by atoms with Gasteiger partial charge in [-0.15, -0.1) is 0 Å². The average molecular weight is 467 g/mol. The molecular formula is C29H54O4. The zero-order valence-electron chi connectivity index (χ0n) is 21.9. The standard InChI is InChI=1S/C29H54O4/c1-2-3-4-5-6-7-8-9-10-11-12-13-14-15-20-25-32-28(30)23-18-19-24-29(31)33-26-27-21-16-17-22-27/h27H,2-26H2,1H3. The van der Waals surface area contributed by atoms with Crippen LogP contribution in [-0.2, 0) is 19.1 Å². The summed E-state index contributed by atoms with van der Waals surface area (Å²) >= 11 is 0. The smallest absolute Gasteiger partial charge is 0.305 e. The molecule has 0 aromatic rings. The topological polar surface area (TPSA) is 52.6 Å². The second kappa shape index (κ2) is 22.7. The highest BCUT2D eigenvalue weighted by molar-refractivity contribution is 5.70. The molecule has 0 N–H and O–H groups in total. The van der Waals surface area contributed by atoms with Crippen molar-refractivity contribution in [3.63, 3.8) is 0 Å². The number of carbonyl (C=O) groups is 2. The summed E-state index contributed by atoms with van der Waals surface area (Å²) in [4.78, 5) is 23.5. The van der Waals surface area contributed by atoms with Gasteiger partial charge in [0.15, 0.2) is 0 Å². The lowest BCUT2D eigenvalue weighted by Gasteiger charge is -2.09. The maximum absolute atomic E-state index is 11.8. The Labute approximate surface area is 205 Å². The molecule has 1 fully saturated rings. The van der Waals surface area contributed by atoms with E-state index in [-0.39, 0.29) is 11.9 Å². The molecule has 0 aliphatic heterocycles. The van der Waals surface area contributed by atoms with E-state index in [9.17, 15) is 9.59 Å². The molecule has 0 spiro atoms. The minimum Gasteiger partial charge on any atom is -0.466 e. The van der Waals surface area contributed by atoms with Crippen molar-refractivity contribution in [1.82, 2.24) is 0 Å². The number of rotatable bonds is 23. The van der Waals surface area contributed by atoms with Crippen molar-refractivity contribution in [2.24, 2.45) is 5.92 Å². The van der Waals surface area contributed by atoms with Crippen LogP contribution in [0.3, 0.4) is 0 Å². The van der Waals surface area contributed by atoms with Crippen molar-refractivity contribution < 1.29 is 19.1 Å². The first-order valence-electron chi connectivity index (χ1n) is 14.5. The zero-order valence-corrected chi connectivity index (χ0v) is 21.9. The highest BCUT2D eigenvalue weighted by Crippen LogP contribution is 2.24. The molecule has 0 radical (unpaired) electrons. The van der Waals surface area contributed by atoms with Crippen LogP contribution in [0, 0.1) is 5.92 Å². The number of hydrogen-bond donors (Lipinski definition) is 0. The summed E-state index contributed by atoms with van der Waals surface area (Å²) in [7, 11) is 0. The van der Waals surface area contributed by atoms with E-state index < -0.39 is 0 Å². The van der Waals surface area contributed by atoms with Crippen LogP contribution in [-0.4, -0.2) is 25.2 Å². The van der Waals surface area contributed by atoms with Gasteiger partial charge in [-0.2, -0.15) is 0 Å². The Morgan fingerprint density at radius 1 is 0.576 bits per heavy atom. The average Bonchev–Trinajstić information content (AvgIpc) is 3.34. The Balaban J connectivity index is 1.74. The number of ether oxygens (including phenoxy) is 2. The fourth-order valence-corrected chi connectivity index (χ4v) is 4.73. The summed E-state index contributed by atoms with van der Waals surface area (Å²) in [6.07, 6.45) is 27.2. The lowest BCUT2D eigenvalue weighted by atomic mass is 10.0. The van der Waals surface area contributed by atoms with Crippen molar-refractivity contribution in [3.8, 4) is 0 Å². The molecule has 0 unspecified atom stereocenters. The molecule has 1 aliphatic carbocycles. The van der Waals surface area contributed by atoms with E-state index in [0.717, 1.165) is 12.8 Å². The lowest BCUT2D eigenvalue weighted by Crippen LogP contribution is -2.12. The third-order valence-electron chi connectivity index (χ3n) is 6.98. The highest BCUT2D eigenvalue weighted by Gasteiger charge is 2.16. The molecule has 0 heterocycles. The van der Waals surface area contributed by atoms with Gasteiger partial charge in [-0.3, -0.25) is 9.59 Å². The molecular weight excluding hydrogens is 412 g/mol. The van der Waals surface area contributed by atoms with Crippen LogP contribution in [0.2, 0.25) is 0 Å². The van der Waals surface area contributed by atoms with Gasteiger partial charge in [0, 0.05) is 12.8 Å². The quantitative estimate of drug-likeness (QED) is 0.112. The summed E-state index contributed by atoms with van der Waals surface area (Å²) < 4.78 is 10.7. The van der Waals surface area contributed by atoms with Gasteiger partial charge in [-0.25, -0.2) is 0 Å². The van der Waals surface area contributed by atoms with Crippen molar-refractivity contribution in [2.45, 2.75) is 155 Å². The summed E-state index contributed by atoms with van der Waals surface area (Å²) in [6.45, 7) is 3.40. The van der Waals surface area contributed by atoms with Crippen LogP contribution >= 0.6 is 0 Å². The van der Waals surface area contributed by atoms with Gasteiger partial charge in [0.25, 0.3) is 0 Å². The largest absolute Gasteiger partial charge is 0.466 e. The molecule has 1 aliphatic rings. The van der Waals surface area contributed by atoms with E-state index in [1.54, 1.807) is 0 Å². The zero-order chi connectivity index (χ0) is 23.8. The molecule has 4 nitrogen and oxygen atoms in total. The molecule has 4 heteroatoms. The Bertz CT molecular complexity index is 457. The van der Waals surface area contributed by atoms with Gasteiger partial charge < -0.3 is 9.47 Å². The van der Waals surface area contributed by atoms with Crippen LogP contribution in [0.1, 0.15) is 155 Å². The maximum atomic E-state index is 11.8. The van der Waals surface area contributed by atoms with Gasteiger partial charge in [0.1, 0.15) is 0 Å². The van der Waals surface area contributed by atoms with Gasteiger partial charge in [0.2, 0.25) is 0 Å². The lowest BCUT2D eigenvalue weighted by molar-refractivity contribution is -0.146. The fourth-order valence-electron chi connectivity index (χ4n) is 4.73. The van der Waals surface area contributed by atoms with E-state index in [1.165, 1.54) is 109 Å². The van der Waals surface area contributed by atoms with Crippen molar-refractivity contribution in [2.75, 3.05) is 13.2 Å². The van der Waals surface area contributed by atoms with E-state index in [4.69, 9.17) is 9.47 Å². The van der Waals surface area contributed by atoms with E-state index in [0.29, 0.717) is 44.8 Å². The van der Waals surface area contributed by atoms with Crippen LogP contribution < -0.4 is 0 Å². The van der Waals surface area contributed by atoms with Crippen molar-refractivity contribution in [1.29, 1.82) is 0 Å². The molecule has 0 aromatic carbocycles. The molecule has 0 atom stereocenters. The molecule has 0 aromatic heterocycles. The Morgan fingerprint density at radius 2 is 1.00 bits per heavy atom. The third-order valence-corrected chi connectivity index (χ3v) is 6.98. The Morgan fingerprint density at radius 3 is 1.48 bits per heavy atom. The predicted molar refractivity (Wildman–Crippen MR) is 137 cm³/mol. The molecule has 0 amide bonds. The van der Waals surface area contributed by atoms with Crippen LogP contribution in [0.15, 0.2) is 0 Å². The Hall–Kier alpha value is -1.06. The monoisotopic (exact) mass is 466 g/mol. The number of carbonyl (C=O) groups excluding carboxylic acids is 2. The van der Waals surface area contributed by atoms with Gasteiger partial charge >= 0.3 is 11.9 Å². The first-order valence-corrected chi connectivity index (χ1v) is 14.5. The highest BCUT2D eigenvalue weighted by atomic mass is 16.5. The fraction of sp³-hybridized carbons (Fsp3) is 0.931. The minimum atomic E-state index is -0.125. The van der Waals surface area contributed by atoms with Crippen LogP contribution in [0.5, 0.6) is 0 Å². The molecule has 0 saturated heterocycles. The summed E-state index contributed by atoms with van der Waals surface area (Å²) in [6, 6.07) is 0.